The summed E-state index contributed by atoms with van der Waals surface area (Å²) in [6.07, 6.45) is 0. The van der Waals surface area contributed by atoms with Crippen LogP contribution in [0.2, 0.25) is 0 Å². The Morgan fingerprint density at radius 2 is 1.57 bits per heavy atom. The van der Waals surface area contributed by atoms with Gasteiger partial charge in [0.1, 0.15) is 18.9 Å². The van der Waals surface area contributed by atoms with Gasteiger partial charge in [0.05, 0.1) is 20.8 Å². The second-order valence-corrected chi connectivity index (χ2v) is 6.22. The zero-order chi connectivity index (χ0) is 22.1. The Morgan fingerprint density at radius 3 is 2.20 bits per heavy atom. The Bertz CT molecular complexity index is 924. The van der Waals surface area contributed by atoms with Gasteiger partial charge in [0.25, 0.3) is 5.91 Å². The zero-order valence-corrected chi connectivity index (χ0v) is 17.4. The third-order valence-electron chi connectivity index (χ3n) is 4.19. The van der Waals surface area contributed by atoms with E-state index in [-0.39, 0.29) is 18.9 Å². The summed E-state index contributed by atoms with van der Waals surface area (Å²) in [5, 5.41) is 2.50. The topological polar surface area (TPSA) is 100 Å². The van der Waals surface area contributed by atoms with Crippen LogP contribution in [-0.4, -0.2) is 45.0 Å². The highest BCUT2D eigenvalue weighted by molar-refractivity contribution is 5.96. The van der Waals surface area contributed by atoms with Crippen molar-refractivity contribution in [3.63, 3.8) is 0 Å². The summed E-state index contributed by atoms with van der Waals surface area (Å²) >= 11 is 0. The predicted molar refractivity (Wildman–Crippen MR) is 109 cm³/mol. The molecule has 0 saturated heterocycles. The standard InChI is InChI=1S/C22H25NO7/c1-5-29-18-8-6-15(14(2)24)10-17(18)13-30-21(25)12-23-22(26)16-7-9-19(27-3)20(11-16)28-4/h6-11H,5,12-13H2,1-4H3,(H,23,26). The molecule has 8 nitrogen and oxygen atoms in total. The molecule has 1 amide bonds. The molecule has 30 heavy (non-hydrogen) atoms. The SMILES string of the molecule is CCOc1ccc(C(C)=O)cc1COC(=O)CNC(=O)c1ccc(OC)c(OC)c1. The van der Waals surface area contributed by atoms with Crippen LogP contribution in [0.3, 0.4) is 0 Å². The van der Waals surface area contributed by atoms with Gasteiger partial charge in [0, 0.05) is 16.7 Å². The lowest BCUT2D eigenvalue weighted by atomic mass is 10.1. The van der Waals surface area contributed by atoms with Crippen LogP contribution >= 0.6 is 0 Å². The maximum Gasteiger partial charge on any atom is 0.325 e. The van der Waals surface area contributed by atoms with Crippen molar-refractivity contribution in [1.29, 1.82) is 0 Å². The summed E-state index contributed by atoms with van der Waals surface area (Å²) in [4.78, 5) is 35.9. The van der Waals surface area contributed by atoms with E-state index in [9.17, 15) is 14.4 Å². The average molecular weight is 415 g/mol. The Balaban J connectivity index is 1.96. The fourth-order valence-electron chi connectivity index (χ4n) is 2.65. The lowest BCUT2D eigenvalue weighted by molar-refractivity contribution is -0.143. The van der Waals surface area contributed by atoms with Crippen LogP contribution in [0.5, 0.6) is 17.2 Å². The smallest absolute Gasteiger partial charge is 0.325 e. The number of amides is 1. The molecule has 0 bridgehead atoms. The Hall–Kier alpha value is -3.55. The number of nitrogens with one attached hydrogen (secondary N) is 1. The van der Waals surface area contributed by atoms with Crippen LogP contribution in [0.1, 0.15) is 40.1 Å². The highest BCUT2D eigenvalue weighted by Gasteiger charge is 2.14. The number of esters is 1. The Labute approximate surface area is 175 Å². The normalized spacial score (nSPS) is 10.1. The number of ether oxygens (including phenoxy) is 4. The fourth-order valence-corrected chi connectivity index (χ4v) is 2.65. The molecule has 2 aromatic rings. The van der Waals surface area contributed by atoms with Gasteiger partial charge >= 0.3 is 5.97 Å². The number of hydrogen-bond acceptors (Lipinski definition) is 7. The van der Waals surface area contributed by atoms with Gasteiger partial charge in [-0.2, -0.15) is 0 Å². The first-order valence-electron chi connectivity index (χ1n) is 9.32. The van der Waals surface area contributed by atoms with E-state index in [2.05, 4.69) is 5.32 Å². The molecule has 0 unspecified atom stereocenters. The summed E-state index contributed by atoms with van der Waals surface area (Å²) < 4.78 is 21.0. The molecular weight excluding hydrogens is 390 g/mol. The monoisotopic (exact) mass is 415 g/mol. The van der Waals surface area contributed by atoms with Crippen molar-refractivity contribution in [3.8, 4) is 17.2 Å². The third kappa shape index (κ3) is 5.97. The highest BCUT2D eigenvalue weighted by atomic mass is 16.5. The fraction of sp³-hybridized carbons (Fsp3) is 0.318. The van der Waals surface area contributed by atoms with Crippen LogP contribution in [0.15, 0.2) is 36.4 Å². The van der Waals surface area contributed by atoms with Crippen LogP contribution in [0, 0.1) is 0 Å². The third-order valence-corrected chi connectivity index (χ3v) is 4.19. The van der Waals surface area contributed by atoms with Crippen molar-refractivity contribution in [2.24, 2.45) is 0 Å². The maximum absolute atomic E-state index is 12.3. The average Bonchev–Trinajstić information content (AvgIpc) is 2.76. The van der Waals surface area contributed by atoms with Gasteiger partial charge < -0.3 is 24.3 Å². The first-order valence-corrected chi connectivity index (χ1v) is 9.32. The second-order valence-electron chi connectivity index (χ2n) is 6.22. The number of hydrogen-bond donors (Lipinski definition) is 1. The molecule has 0 saturated carbocycles. The molecule has 0 fully saturated rings. The molecule has 8 heteroatoms. The highest BCUT2D eigenvalue weighted by Crippen LogP contribution is 2.27. The molecule has 0 spiro atoms. The number of rotatable bonds is 10. The van der Waals surface area contributed by atoms with Crippen molar-refractivity contribution in [2.45, 2.75) is 20.5 Å². The van der Waals surface area contributed by atoms with Crippen molar-refractivity contribution in [1.82, 2.24) is 5.32 Å². The minimum Gasteiger partial charge on any atom is -0.493 e. The lowest BCUT2D eigenvalue weighted by Crippen LogP contribution is -2.30. The van der Waals surface area contributed by atoms with E-state index in [1.54, 1.807) is 30.3 Å². The minimum absolute atomic E-state index is 0.0818. The number of carbonyl (C=O) groups is 3. The van der Waals surface area contributed by atoms with Gasteiger partial charge in [0.15, 0.2) is 17.3 Å². The second kappa shape index (κ2) is 10.8. The number of benzene rings is 2. The number of carbonyl (C=O) groups excluding carboxylic acids is 3. The molecule has 0 aliphatic carbocycles. The van der Waals surface area contributed by atoms with Crippen molar-refractivity contribution in [3.05, 3.63) is 53.1 Å². The van der Waals surface area contributed by atoms with E-state index in [1.807, 2.05) is 6.92 Å². The molecule has 0 aromatic heterocycles. The lowest BCUT2D eigenvalue weighted by Gasteiger charge is -2.12. The van der Waals surface area contributed by atoms with Gasteiger partial charge in [-0.15, -0.1) is 0 Å². The van der Waals surface area contributed by atoms with Gasteiger partial charge in [-0.25, -0.2) is 0 Å². The summed E-state index contributed by atoms with van der Waals surface area (Å²) in [5.74, 6) is 0.242. The van der Waals surface area contributed by atoms with E-state index >= 15 is 0 Å². The van der Waals surface area contributed by atoms with Gasteiger partial charge in [-0.05, 0) is 50.2 Å². The van der Waals surface area contributed by atoms with Gasteiger partial charge in [-0.3, -0.25) is 14.4 Å². The van der Waals surface area contributed by atoms with Gasteiger partial charge in [-0.1, -0.05) is 0 Å². The van der Waals surface area contributed by atoms with Gasteiger partial charge in [0.2, 0.25) is 0 Å². The molecule has 0 heterocycles. The molecule has 0 radical (unpaired) electrons. The minimum atomic E-state index is -0.625. The van der Waals surface area contributed by atoms with Crippen LogP contribution in [0.25, 0.3) is 0 Å². The number of Topliss-reactive ketones (excluding diaryl/α,β-unsaturated/α-hetero) is 1. The molecule has 0 aliphatic rings. The van der Waals surface area contributed by atoms with E-state index in [0.717, 1.165) is 0 Å². The molecule has 2 rings (SSSR count). The maximum atomic E-state index is 12.3. The number of ketones is 1. The van der Waals surface area contributed by atoms with Crippen LogP contribution in [-0.2, 0) is 16.1 Å². The molecule has 2 aromatic carbocycles. The van der Waals surface area contributed by atoms with E-state index < -0.39 is 11.9 Å². The summed E-state index contributed by atoms with van der Waals surface area (Å²) in [5.41, 5.74) is 1.38. The van der Waals surface area contributed by atoms with Crippen LogP contribution in [0.4, 0.5) is 0 Å². The molecular formula is C22H25NO7. The Morgan fingerprint density at radius 1 is 0.900 bits per heavy atom. The van der Waals surface area contributed by atoms with E-state index in [4.69, 9.17) is 18.9 Å². The molecule has 1 N–H and O–H groups in total. The number of methoxy groups -OCH3 is 2. The largest absolute Gasteiger partial charge is 0.493 e. The summed E-state index contributed by atoms with van der Waals surface area (Å²) in [7, 11) is 2.96. The van der Waals surface area contributed by atoms with E-state index in [1.165, 1.54) is 27.2 Å². The van der Waals surface area contributed by atoms with E-state index in [0.29, 0.717) is 40.5 Å². The van der Waals surface area contributed by atoms with Crippen molar-refractivity contribution < 1.29 is 33.3 Å². The molecule has 0 atom stereocenters. The van der Waals surface area contributed by atoms with Crippen LogP contribution < -0.4 is 19.5 Å². The summed E-state index contributed by atoms with van der Waals surface area (Å²) in [6, 6.07) is 9.63. The quantitative estimate of drug-likeness (QED) is 0.470. The molecule has 160 valence electrons. The summed E-state index contributed by atoms with van der Waals surface area (Å²) in [6.45, 7) is 3.32. The first-order chi connectivity index (χ1) is 14.4. The van der Waals surface area contributed by atoms with Crippen molar-refractivity contribution in [2.75, 3.05) is 27.4 Å². The first kappa shape index (κ1) is 22.7. The zero-order valence-electron chi connectivity index (χ0n) is 17.4. The Kier molecular flexibility index (Phi) is 8.22. The predicted octanol–water partition coefficient (Wildman–Crippen LogP) is 2.78. The molecule has 0 aliphatic heterocycles. The van der Waals surface area contributed by atoms with Crippen molar-refractivity contribution >= 4 is 17.7 Å².